The fraction of sp³-hybridized carbons (Fsp3) is 0.571. The van der Waals surface area contributed by atoms with Gasteiger partial charge in [0.15, 0.2) is 11.5 Å². The number of hydrogen-bond acceptors (Lipinski definition) is 3. The first-order chi connectivity index (χ1) is 8.17. The van der Waals surface area contributed by atoms with Gasteiger partial charge in [0.05, 0.1) is 21.3 Å². The van der Waals surface area contributed by atoms with E-state index in [4.69, 9.17) is 14.2 Å². The Hall–Kier alpha value is -1.38. The molecule has 1 unspecified atom stereocenters. The molecule has 1 aromatic rings. The number of benzene rings is 1. The van der Waals surface area contributed by atoms with E-state index in [0.717, 1.165) is 24.3 Å². The zero-order valence-corrected chi connectivity index (χ0v) is 11.4. The van der Waals surface area contributed by atoms with E-state index in [9.17, 15) is 0 Å². The molecule has 0 aliphatic carbocycles. The third-order valence-corrected chi connectivity index (χ3v) is 2.98. The summed E-state index contributed by atoms with van der Waals surface area (Å²) in [4.78, 5) is 0. The van der Waals surface area contributed by atoms with Crippen molar-refractivity contribution in [3.8, 4) is 17.2 Å². The summed E-state index contributed by atoms with van der Waals surface area (Å²) in [5, 5.41) is 0. The van der Waals surface area contributed by atoms with Gasteiger partial charge in [0.25, 0.3) is 0 Å². The third kappa shape index (κ3) is 3.05. The van der Waals surface area contributed by atoms with Gasteiger partial charge in [0, 0.05) is 0 Å². The average molecular weight is 238 g/mol. The topological polar surface area (TPSA) is 27.7 Å². The molecule has 1 aromatic carbocycles. The largest absolute Gasteiger partial charge is 0.493 e. The molecule has 0 fully saturated rings. The molecule has 0 saturated carbocycles. The molecule has 1 rings (SSSR count). The SMILES string of the molecule is CCCC(C)c1cc(OC)c(OC)c(OC)c1. The minimum absolute atomic E-state index is 0.494. The third-order valence-electron chi connectivity index (χ3n) is 2.98. The van der Waals surface area contributed by atoms with Gasteiger partial charge >= 0.3 is 0 Å². The van der Waals surface area contributed by atoms with Crippen molar-refractivity contribution in [3.05, 3.63) is 17.7 Å². The Balaban J connectivity index is 3.17. The molecule has 1 atom stereocenters. The Morgan fingerprint density at radius 3 is 1.88 bits per heavy atom. The van der Waals surface area contributed by atoms with Crippen LogP contribution in [0.25, 0.3) is 0 Å². The first kappa shape index (κ1) is 13.7. The quantitative estimate of drug-likeness (QED) is 0.757. The summed E-state index contributed by atoms with van der Waals surface area (Å²) in [6, 6.07) is 4.06. The predicted molar refractivity (Wildman–Crippen MR) is 69.4 cm³/mol. The van der Waals surface area contributed by atoms with Gasteiger partial charge in [-0.3, -0.25) is 0 Å². The second-order valence-corrected chi connectivity index (χ2v) is 4.15. The van der Waals surface area contributed by atoms with Crippen LogP contribution in [0, 0.1) is 0 Å². The molecule has 0 heterocycles. The van der Waals surface area contributed by atoms with E-state index < -0.39 is 0 Å². The van der Waals surface area contributed by atoms with E-state index in [2.05, 4.69) is 13.8 Å². The summed E-state index contributed by atoms with van der Waals surface area (Å²) in [7, 11) is 4.91. The van der Waals surface area contributed by atoms with Crippen molar-refractivity contribution in [3.63, 3.8) is 0 Å². The van der Waals surface area contributed by atoms with Crippen molar-refractivity contribution in [2.45, 2.75) is 32.6 Å². The van der Waals surface area contributed by atoms with E-state index in [1.54, 1.807) is 21.3 Å². The van der Waals surface area contributed by atoms with Crippen LogP contribution in [0.3, 0.4) is 0 Å². The van der Waals surface area contributed by atoms with Crippen LogP contribution in [0.2, 0.25) is 0 Å². The van der Waals surface area contributed by atoms with Crippen molar-refractivity contribution in [2.75, 3.05) is 21.3 Å². The van der Waals surface area contributed by atoms with Crippen molar-refractivity contribution >= 4 is 0 Å². The highest BCUT2D eigenvalue weighted by molar-refractivity contribution is 5.54. The molecule has 3 heteroatoms. The molecule has 3 nitrogen and oxygen atoms in total. The lowest BCUT2D eigenvalue weighted by Crippen LogP contribution is -1.99. The van der Waals surface area contributed by atoms with Crippen LogP contribution in [-0.2, 0) is 0 Å². The van der Waals surface area contributed by atoms with Crippen LogP contribution >= 0.6 is 0 Å². The second-order valence-electron chi connectivity index (χ2n) is 4.15. The van der Waals surface area contributed by atoms with E-state index in [1.165, 1.54) is 5.56 Å². The van der Waals surface area contributed by atoms with Gasteiger partial charge in [-0.05, 0) is 30.0 Å². The maximum absolute atomic E-state index is 5.34. The summed E-state index contributed by atoms with van der Waals surface area (Å²) in [6.07, 6.45) is 2.32. The number of ether oxygens (including phenoxy) is 3. The lowest BCUT2D eigenvalue weighted by Gasteiger charge is -2.17. The monoisotopic (exact) mass is 238 g/mol. The second kappa shape index (κ2) is 6.38. The molecule has 96 valence electrons. The van der Waals surface area contributed by atoms with Crippen LogP contribution in [0.4, 0.5) is 0 Å². The molecule has 0 amide bonds. The summed E-state index contributed by atoms with van der Waals surface area (Å²) in [5.41, 5.74) is 1.22. The van der Waals surface area contributed by atoms with Gasteiger partial charge in [-0.15, -0.1) is 0 Å². The molecule has 0 aromatic heterocycles. The number of methoxy groups -OCH3 is 3. The summed E-state index contributed by atoms with van der Waals surface area (Å²) >= 11 is 0. The minimum atomic E-state index is 0.494. The van der Waals surface area contributed by atoms with Gasteiger partial charge < -0.3 is 14.2 Å². The Morgan fingerprint density at radius 2 is 1.53 bits per heavy atom. The van der Waals surface area contributed by atoms with Crippen molar-refractivity contribution < 1.29 is 14.2 Å². The molecule has 0 N–H and O–H groups in total. The lowest BCUT2D eigenvalue weighted by atomic mass is 9.96. The molecular weight excluding hydrogens is 216 g/mol. The fourth-order valence-electron chi connectivity index (χ4n) is 1.99. The summed E-state index contributed by atoms with van der Waals surface area (Å²) in [5.74, 6) is 2.60. The van der Waals surface area contributed by atoms with Crippen LogP contribution in [0.15, 0.2) is 12.1 Å². The van der Waals surface area contributed by atoms with Crippen LogP contribution in [-0.4, -0.2) is 21.3 Å². The smallest absolute Gasteiger partial charge is 0.203 e. The first-order valence-corrected chi connectivity index (χ1v) is 5.97. The van der Waals surface area contributed by atoms with E-state index in [1.807, 2.05) is 12.1 Å². The van der Waals surface area contributed by atoms with Gasteiger partial charge in [0.1, 0.15) is 0 Å². The Morgan fingerprint density at radius 1 is 1.00 bits per heavy atom. The highest BCUT2D eigenvalue weighted by Crippen LogP contribution is 2.40. The normalized spacial score (nSPS) is 12.1. The molecule has 0 saturated heterocycles. The minimum Gasteiger partial charge on any atom is -0.493 e. The molecular formula is C14H22O3. The lowest BCUT2D eigenvalue weighted by molar-refractivity contribution is 0.323. The highest BCUT2D eigenvalue weighted by atomic mass is 16.5. The molecule has 0 aliphatic rings. The average Bonchev–Trinajstić information content (AvgIpc) is 2.37. The summed E-state index contributed by atoms with van der Waals surface area (Å²) in [6.45, 7) is 4.40. The van der Waals surface area contributed by atoms with Crippen molar-refractivity contribution in [1.29, 1.82) is 0 Å². The van der Waals surface area contributed by atoms with E-state index in [-0.39, 0.29) is 0 Å². The van der Waals surface area contributed by atoms with Gasteiger partial charge in [-0.25, -0.2) is 0 Å². The van der Waals surface area contributed by atoms with Crippen molar-refractivity contribution in [1.82, 2.24) is 0 Å². The van der Waals surface area contributed by atoms with Gasteiger partial charge in [-0.2, -0.15) is 0 Å². The van der Waals surface area contributed by atoms with Crippen LogP contribution < -0.4 is 14.2 Å². The number of rotatable bonds is 6. The zero-order chi connectivity index (χ0) is 12.8. The van der Waals surface area contributed by atoms with Gasteiger partial charge in [-0.1, -0.05) is 20.3 Å². The zero-order valence-electron chi connectivity index (χ0n) is 11.4. The highest BCUT2D eigenvalue weighted by Gasteiger charge is 2.15. The molecule has 0 spiro atoms. The van der Waals surface area contributed by atoms with Crippen LogP contribution in [0.1, 0.15) is 38.2 Å². The summed E-state index contributed by atoms with van der Waals surface area (Å²) < 4.78 is 16.0. The maximum atomic E-state index is 5.34. The van der Waals surface area contributed by atoms with Gasteiger partial charge in [0.2, 0.25) is 5.75 Å². The maximum Gasteiger partial charge on any atom is 0.203 e. The molecule has 0 radical (unpaired) electrons. The van der Waals surface area contributed by atoms with Crippen molar-refractivity contribution in [2.24, 2.45) is 0 Å². The first-order valence-electron chi connectivity index (χ1n) is 5.97. The molecule has 17 heavy (non-hydrogen) atoms. The van der Waals surface area contributed by atoms with Crippen LogP contribution in [0.5, 0.6) is 17.2 Å². The Labute approximate surface area is 104 Å². The predicted octanol–water partition coefficient (Wildman–Crippen LogP) is 3.62. The standard InChI is InChI=1S/C14H22O3/c1-6-7-10(2)11-8-12(15-3)14(17-5)13(9-11)16-4/h8-10H,6-7H2,1-5H3. The van der Waals surface area contributed by atoms with E-state index >= 15 is 0 Å². The number of hydrogen-bond donors (Lipinski definition) is 0. The fourth-order valence-corrected chi connectivity index (χ4v) is 1.99. The Kier molecular flexibility index (Phi) is 5.13. The molecule has 0 bridgehead atoms. The Bertz CT molecular complexity index is 335. The molecule has 0 aliphatic heterocycles. The van der Waals surface area contributed by atoms with E-state index in [0.29, 0.717) is 11.7 Å².